The third-order valence-corrected chi connectivity index (χ3v) is 5.72. The first kappa shape index (κ1) is 20.3. The Labute approximate surface area is 160 Å². The molecule has 26 heavy (non-hydrogen) atoms. The maximum Gasteiger partial charge on any atom is 0.232 e. The van der Waals surface area contributed by atoms with E-state index in [1.165, 1.54) is 4.31 Å². The average Bonchev–Trinajstić information content (AvgIpc) is 2.58. The molecule has 2 rings (SSSR count). The van der Waals surface area contributed by atoms with Crippen LogP contribution in [0.4, 0.5) is 11.4 Å². The molecule has 0 radical (unpaired) electrons. The maximum absolute atomic E-state index is 12.3. The molecular formula is C19H23ClN2O3S. The Morgan fingerprint density at radius 2 is 1.81 bits per heavy atom. The molecule has 0 spiro atoms. The van der Waals surface area contributed by atoms with E-state index in [-0.39, 0.29) is 18.9 Å². The lowest BCUT2D eigenvalue weighted by molar-refractivity contribution is -0.116. The number of nitrogens with one attached hydrogen (secondary N) is 1. The van der Waals surface area contributed by atoms with Gasteiger partial charge < -0.3 is 5.32 Å². The fraction of sp³-hybridized carbons (Fsp3) is 0.316. The van der Waals surface area contributed by atoms with E-state index in [0.717, 1.165) is 23.8 Å². The number of anilines is 2. The van der Waals surface area contributed by atoms with Crippen LogP contribution in [0.25, 0.3) is 0 Å². The highest BCUT2D eigenvalue weighted by molar-refractivity contribution is 7.92. The number of sulfonamides is 1. The number of aryl methyl sites for hydroxylation is 1. The second kappa shape index (κ2) is 8.56. The fourth-order valence-electron chi connectivity index (χ4n) is 2.54. The molecular weight excluding hydrogens is 372 g/mol. The van der Waals surface area contributed by atoms with E-state index in [2.05, 4.69) is 5.32 Å². The molecule has 0 saturated heterocycles. The van der Waals surface area contributed by atoms with Gasteiger partial charge in [-0.25, -0.2) is 8.42 Å². The molecule has 0 aliphatic carbocycles. The van der Waals surface area contributed by atoms with E-state index in [0.29, 0.717) is 16.4 Å². The minimum Gasteiger partial charge on any atom is -0.326 e. The van der Waals surface area contributed by atoms with Crippen LogP contribution in [0, 0.1) is 6.92 Å². The van der Waals surface area contributed by atoms with Crippen LogP contribution in [0.5, 0.6) is 0 Å². The first-order chi connectivity index (χ1) is 12.2. The van der Waals surface area contributed by atoms with Crippen LogP contribution < -0.4 is 9.62 Å². The van der Waals surface area contributed by atoms with Gasteiger partial charge in [0, 0.05) is 23.7 Å². The summed E-state index contributed by atoms with van der Waals surface area (Å²) in [6.07, 6.45) is 2.05. The van der Waals surface area contributed by atoms with Crippen molar-refractivity contribution >= 4 is 38.9 Å². The largest absolute Gasteiger partial charge is 0.326 e. The highest BCUT2D eigenvalue weighted by atomic mass is 35.5. The molecule has 0 aliphatic rings. The monoisotopic (exact) mass is 394 g/mol. The van der Waals surface area contributed by atoms with Gasteiger partial charge in [0.25, 0.3) is 0 Å². The zero-order chi connectivity index (χ0) is 19.3. The van der Waals surface area contributed by atoms with Crippen molar-refractivity contribution in [2.75, 3.05) is 22.4 Å². The average molecular weight is 395 g/mol. The highest BCUT2D eigenvalue weighted by Crippen LogP contribution is 2.23. The number of halogens is 1. The molecule has 0 aromatic heterocycles. The van der Waals surface area contributed by atoms with Crippen molar-refractivity contribution < 1.29 is 13.2 Å². The summed E-state index contributed by atoms with van der Waals surface area (Å²) in [5.74, 6) is -0.269. The molecule has 2 aromatic rings. The van der Waals surface area contributed by atoms with Crippen LogP contribution in [0.1, 0.15) is 24.5 Å². The van der Waals surface area contributed by atoms with Crippen molar-refractivity contribution in [1.29, 1.82) is 0 Å². The minimum atomic E-state index is -3.49. The predicted molar refractivity (Wildman–Crippen MR) is 107 cm³/mol. The Balaban J connectivity index is 2.09. The number of hydrogen-bond acceptors (Lipinski definition) is 3. The van der Waals surface area contributed by atoms with Crippen LogP contribution in [-0.4, -0.2) is 27.1 Å². The molecule has 0 aliphatic heterocycles. The van der Waals surface area contributed by atoms with Gasteiger partial charge in [0.15, 0.2) is 0 Å². The van der Waals surface area contributed by atoms with Gasteiger partial charge in [-0.1, -0.05) is 36.7 Å². The lowest BCUT2D eigenvalue weighted by atomic mass is 10.1. The number of amides is 1. The topological polar surface area (TPSA) is 66.5 Å². The van der Waals surface area contributed by atoms with Crippen LogP contribution in [0.15, 0.2) is 42.5 Å². The molecule has 5 nitrogen and oxygen atoms in total. The van der Waals surface area contributed by atoms with Crippen molar-refractivity contribution in [2.45, 2.75) is 26.7 Å². The smallest absolute Gasteiger partial charge is 0.232 e. The third-order valence-electron chi connectivity index (χ3n) is 4.12. The van der Waals surface area contributed by atoms with Gasteiger partial charge in [0.1, 0.15) is 0 Å². The number of nitrogens with zero attached hydrogens (tertiary/aromatic N) is 1. The van der Waals surface area contributed by atoms with Gasteiger partial charge in [-0.2, -0.15) is 0 Å². The van der Waals surface area contributed by atoms with Gasteiger partial charge >= 0.3 is 0 Å². The van der Waals surface area contributed by atoms with Crippen molar-refractivity contribution in [1.82, 2.24) is 0 Å². The summed E-state index contributed by atoms with van der Waals surface area (Å²) in [6, 6.07) is 12.6. The number of hydrogen-bond donors (Lipinski definition) is 1. The van der Waals surface area contributed by atoms with E-state index in [1.54, 1.807) is 30.3 Å². The van der Waals surface area contributed by atoms with Crippen LogP contribution >= 0.6 is 11.6 Å². The Hall–Kier alpha value is -2.05. The Morgan fingerprint density at radius 1 is 1.15 bits per heavy atom. The molecule has 0 heterocycles. The summed E-state index contributed by atoms with van der Waals surface area (Å²) < 4.78 is 25.5. The van der Waals surface area contributed by atoms with Crippen LogP contribution in [-0.2, 0) is 21.2 Å². The maximum atomic E-state index is 12.3. The zero-order valence-electron chi connectivity index (χ0n) is 15.1. The first-order valence-corrected chi connectivity index (χ1v) is 10.6. The number of carbonyl (C=O) groups is 1. The van der Waals surface area contributed by atoms with E-state index < -0.39 is 10.0 Å². The van der Waals surface area contributed by atoms with E-state index in [4.69, 9.17) is 11.6 Å². The molecule has 0 atom stereocenters. The zero-order valence-corrected chi connectivity index (χ0v) is 16.7. The van der Waals surface area contributed by atoms with E-state index in [9.17, 15) is 13.2 Å². The standard InChI is InChI=1S/C19H23ClN2O3S/c1-4-15-8-10-16(11-9-15)22(26(3,24)25)13-12-19(23)21-18-7-5-6-17(20)14(18)2/h5-11H,4,12-13H2,1-3H3,(H,21,23). The lowest BCUT2D eigenvalue weighted by Crippen LogP contribution is -2.33. The van der Waals surface area contributed by atoms with Crippen molar-refractivity contribution in [3.8, 4) is 0 Å². The van der Waals surface area contributed by atoms with Gasteiger partial charge in [0.2, 0.25) is 15.9 Å². The number of rotatable bonds is 7. The van der Waals surface area contributed by atoms with Crippen molar-refractivity contribution in [3.63, 3.8) is 0 Å². The molecule has 0 fully saturated rings. The third kappa shape index (κ3) is 5.22. The first-order valence-electron chi connectivity index (χ1n) is 8.34. The summed E-state index contributed by atoms with van der Waals surface area (Å²) in [5, 5.41) is 3.35. The Bertz CT molecular complexity index is 880. The predicted octanol–water partition coefficient (Wildman–Crippen LogP) is 4.01. The van der Waals surface area contributed by atoms with Gasteiger partial charge in [-0.15, -0.1) is 0 Å². The van der Waals surface area contributed by atoms with Crippen LogP contribution in [0.3, 0.4) is 0 Å². The summed E-state index contributed by atoms with van der Waals surface area (Å²) in [6.45, 7) is 3.91. The Morgan fingerprint density at radius 3 is 2.38 bits per heavy atom. The van der Waals surface area contributed by atoms with Crippen molar-refractivity contribution in [3.05, 3.63) is 58.6 Å². The van der Waals surface area contributed by atoms with Gasteiger partial charge in [-0.3, -0.25) is 9.10 Å². The van der Waals surface area contributed by atoms with E-state index in [1.807, 2.05) is 26.0 Å². The fourth-order valence-corrected chi connectivity index (χ4v) is 3.65. The summed E-state index contributed by atoms with van der Waals surface area (Å²) in [7, 11) is -3.49. The molecule has 7 heteroatoms. The summed E-state index contributed by atoms with van der Waals surface area (Å²) >= 11 is 6.05. The second-order valence-electron chi connectivity index (χ2n) is 6.07. The van der Waals surface area contributed by atoms with Crippen LogP contribution in [0.2, 0.25) is 5.02 Å². The Kier molecular flexibility index (Phi) is 6.67. The summed E-state index contributed by atoms with van der Waals surface area (Å²) in [5.41, 5.74) is 3.08. The second-order valence-corrected chi connectivity index (χ2v) is 8.38. The molecule has 1 amide bonds. The molecule has 2 aromatic carbocycles. The SMILES string of the molecule is CCc1ccc(N(CCC(=O)Nc2cccc(Cl)c2C)S(C)(=O)=O)cc1. The molecule has 0 unspecified atom stereocenters. The number of benzene rings is 2. The highest BCUT2D eigenvalue weighted by Gasteiger charge is 2.19. The van der Waals surface area contributed by atoms with Gasteiger partial charge in [0.05, 0.1) is 11.9 Å². The lowest BCUT2D eigenvalue weighted by Gasteiger charge is -2.22. The molecule has 0 saturated carbocycles. The molecule has 0 bridgehead atoms. The quantitative estimate of drug-likeness (QED) is 0.771. The number of carbonyl (C=O) groups excluding carboxylic acids is 1. The normalized spacial score (nSPS) is 11.2. The molecule has 140 valence electrons. The summed E-state index contributed by atoms with van der Waals surface area (Å²) in [4.78, 5) is 12.3. The van der Waals surface area contributed by atoms with Crippen molar-refractivity contribution in [2.24, 2.45) is 0 Å². The minimum absolute atomic E-state index is 0.0363. The van der Waals surface area contributed by atoms with Gasteiger partial charge in [-0.05, 0) is 48.7 Å². The molecule has 1 N–H and O–H groups in total. The van der Waals surface area contributed by atoms with E-state index >= 15 is 0 Å².